The highest BCUT2D eigenvalue weighted by Gasteiger charge is 2.51. The summed E-state index contributed by atoms with van der Waals surface area (Å²) in [5, 5.41) is -0.159. The first kappa shape index (κ1) is 20.8. The summed E-state index contributed by atoms with van der Waals surface area (Å²) >= 11 is 5.99. The zero-order chi connectivity index (χ0) is 21.5. The number of hydrogen-bond donors (Lipinski definition) is 0. The number of nitrogens with zero attached hydrogens (tertiary/aromatic N) is 3. The maximum Gasteiger partial charge on any atom is 0.409 e. The molecule has 1 aliphatic rings. The number of anilines is 1. The van der Waals surface area contributed by atoms with Gasteiger partial charge in [-0.1, -0.05) is 11.6 Å². The van der Waals surface area contributed by atoms with Gasteiger partial charge in [-0.05, 0) is 25.1 Å². The molecule has 1 fully saturated rings. The Morgan fingerprint density at radius 2 is 1.93 bits per heavy atom. The summed E-state index contributed by atoms with van der Waals surface area (Å²) in [5.41, 5.74) is -0.0688. The SMILES string of the molecule is Cc1ncccc1Oc1cc(N2C(=O)CC(C(F)(F)F)N(C)C2=O)c(F)cc1Cl. The van der Waals surface area contributed by atoms with E-state index in [9.17, 15) is 27.2 Å². The van der Waals surface area contributed by atoms with Crippen molar-refractivity contribution in [2.75, 3.05) is 11.9 Å². The molecule has 1 aromatic heterocycles. The Kier molecular flexibility index (Phi) is 5.40. The first-order chi connectivity index (χ1) is 13.5. The molecule has 29 heavy (non-hydrogen) atoms. The van der Waals surface area contributed by atoms with Crippen LogP contribution in [0.15, 0.2) is 30.5 Å². The third-order valence-corrected chi connectivity index (χ3v) is 4.67. The minimum atomic E-state index is -4.79. The summed E-state index contributed by atoms with van der Waals surface area (Å²) in [5.74, 6) is -2.07. The Balaban J connectivity index is 2.00. The molecule has 3 amide bonds. The zero-order valence-corrected chi connectivity index (χ0v) is 15.9. The fourth-order valence-electron chi connectivity index (χ4n) is 2.83. The average Bonchev–Trinajstić information content (AvgIpc) is 2.62. The molecule has 0 radical (unpaired) electrons. The van der Waals surface area contributed by atoms with Crippen LogP contribution in [-0.4, -0.2) is 41.1 Å². The van der Waals surface area contributed by atoms with Gasteiger partial charge in [0, 0.05) is 19.3 Å². The Morgan fingerprint density at radius 3 is 2.55 bits per heavy atom. The number of amides is 3. The average molecular weight is 432 g/mol. The molecule has 1 aliphatic heterocycles. The smallest absolute Gasteiger partial charge is 0.409 e. The van der Waals surface area contributed by atoms with Gasteiger partial charge in [-0.25, -0.2) is 14.1 Å². The van der Waals surface area contributed by atoms with Crippen LogP contribution in [0.3, 0.4) is 0 Å². The molecule has 1 saturated heterocycles. The number of hydrogen-bond acceptors (Lipinski definition) is 4. The van der Waals surface area contributed by atoms with Crippen LogP contribution in [-0.2, 0) is 4.79 Å². The number of urea groups is 1. The van der Waals surface area contributed by atoms with Gasteiger partial charge in [-0.3, -0.25) is 9.78 Å². The number of carbonyl (C=O) groups excluding carboxylic acids is 2. The highest BCUT2D eigenvalue weighted by Crippen LogP contribution is 2.39. The number of imide groups is 1. The molecule has 154 valence electrons. The number of pyridine rings is 1. The summed E-state index contributed by atoms with van der Waals surface area (Å²) in [6, 6.07) is 1.36. The maximum atomic E-state index is 14.5. The molecule has 1 unspecified atom stereocenters. The highest BCUT2D eigenvalue weighted by atomic mass is 35.5. The molecule has 3 rings (SSSR count). The zero-order valence-electron chi connectivity index (χ0n) is 15.1. The van der Waals surface area contributed by atoms with Crippen molar-refractivity contribution in [3.05, 3.63) is 47.0 Å². The monoisotopic (exact) mass is 431 g/mol. The van der Waals surface area contributed by atoms with E-state index in [0.29, 0.717) is 15.5 Å². The first-order valence-electron chi connectivity index (χ1n) is 8.25. The Hall–Kier alpha value is -2.88. The number of halogens is 5. The number of carbonyl (C=O) groups is 2. The van der Waals surface area contributed by atoms with E-state index in [2.05, 4.69) is 4.98 Å². The molecule has 11 heteroatoms. The molecule has 0 spiro atoms. The van der Waals surface area contributed by atoms with Crippen molar-refractivity contribution in [2.45, 2.75) is 25.6 Å². The van der Waals surface area contributed by atoms with Crippen LogP contribution in [0, 0.1) is 12.7 Å². The Morgan fingerprint density at radius 1 is 1.24 bits per heavy atom. The van der Waals surface area contributed by atoms with E-state index >= 15 is 0 Å². The number of aromatic nitrogens is 1. The molecule has 6 nitrogen and oxygen atoms in total. The summed E-state index contributed by atoms with van der Waals surface area (Å²) in [4.78, 5) is 29.4. The van der Waals surface area contributed by atoms with Gasteiger partial charge in [0.1, 0.15) is 23.4 Å². The summed E-state index contributed by atoms with van der Waals surface area (Å²) in [7, 11) is 0.893. The van der Waals surface area contributed by atoms with Crippen LogP contribution in [0.4, 0.5) is 28.0 Å². The predicted octanol–water partition coefficient (Wildman–Crippen LogP) is 4.69. The van der Waals surface area contributed by atoms with Gasteiger partial charge in [0.15, 0.2) is 0 Å². The van der Waals surface area contributed by atoms with Crippen molar-refractivity contribution in [2.24, 2.45) is 0 Å². The summed E-state index contributed by atoms with van der Waals surface area (Å²) in [6.07, 6.45) is -4.31. The van der Waals surface area contributed by atoms with Gasteiger partial charge in [-0.2, -0.15) is 13.2 Å². The molecule has 2 aromatic rings. The number of aryl methyl sites for hydroxylation is 1. The number of alkyl halides is 3. The molecule has 0 aliphatic carbocycles. The molecule has 2 heterocycles. The van der Waals surface area contributed by atoms with Gasteiger partial charge < -0.3 is 9.64 Å². The highest BCUT2D eigenvalue weighted by molar-refractivity contribution is 6.32. The van der Waals surface area contributed by atoms with Crippen molar-refractivity contribution in [3.63, 3.8) is 0 Å². The van der Waals surface area contributed by atoms with Crippen LogP contribution in [0.1, 0.15) is 12.1 Å². The van der Waals surface area contributed by atoms with Crippen LogP contribution in [0.2, 0.25) is 5.02 Å². The van der Waals surface area contributed by atoms with E-state index in [1.807, 2.05) is 0 Å². The maximum absolute atomic E-state index is 14.5. The second-order valence-electron chi connectivity index (χ2n) is 6.31. The second kappa shape index (κ2) is 7.51. The van der Waals surface area contributed by atoms with Crippen LogP contribution in [0.5, 0.6) is 11.5 Å². The fraction of sp³-hybridized carbons (Fsp3) is 0.278. The molecule has 1 atom stereocenters. The minimum Gasteiger partial charge on any atom is -0.454 e. The van der Waals surface area contributed by atoms with Crippen molar-refractivity contribution < 1.29 is 31.9 Å². The van der Waals surface area contributed by atoms with Gasteiger partial charge in [-0.15, -0.1) is 0 Å². The fourth-order valence-corrected chi connectivity index (χ4v) is 3.02. The lowest BCUT2D eigenvalue weighted by Crippen LogP contribution is -2.60. The quantitative estimate of drug-likeness (QED) is 0.661. The number of rotatable bonds is 3. The van der Waals surface area contributed by atoms with Gasteiger partial charge >= 0.3 is 12.2 Å². The number of ether oxygens (including phenoxy) is 1. The lowest BCUT2D eigenvalue weighted by atomic mass is 10.1. The third-order valence-electron chi connectivity index (χ3n) is 4.38. The van der Waals surface area contributed by atoms with Crippen LogP contribution in [0.25, 0.3) is 0 Å². The molecular weight excluding hydrogens is 418 g/mol. The normalized spacial score (nSPS) is 17.7. The van der Waals surface area contributed by atoms with Crippen molar-refractivity contribution in [1.29, 1.82) is 0 Å². The van der Waals surface area contributed by atoms with Gasteiger partial charge in [0.25, 0.3) is 0 Å². The minimum absolute atomic E-state index is 0.0969. The van der Waals surface area contributed by atoms with Gasteiger partial charge in [0.05, 0.1) is 22.8 Å². The molecule has 1 aromatic carbocycles. The van der Waals surface area contributed by atoms with E-state index in [-0.39, 0.29) is 16.5 Å². The molecule has 0 N–H and O–H groups in total. The van der Waals surface area contributed by atoms with Crippen LogP contribution >= 0.6 is 11.6 Å². The third kappa shape index (κ3) is 3.98. The second-order valence-corrected chi connectivity index (χ2v) is 6.71. The summed E-state index contributed by atoms with van der Waals surface area (Å²) in [6.45, 7) is 1.65. The topological polar surface area (TPSA) is 62.7 Å². The van der Waals surface area contributed by atoms with Crippen LogP contribution < -0.4 is 9.64 Å². The number of benzene rings is 1. The van der Waals surface area contributed by atoms with E-state index in [4.69, 9.17) is 16.3 Å². The van der Waals surface area contributed by atoms with E-state index < -0.39 is 42.1 Å². The van der Waals surface area contributed by atoms with Crippen molar-refractivity contribution in [1.82, 2.24) is 9.88 Å². The van der Waals surface area contributed by atoms with E-state index in [1.165, 1.54) is 6.20 Å². The standard InChI is InChI=1S/C18H14ClF4N3O3/c1-9-13(4-3-5-24-9)29-14-7-12(11(20)6-10(14)19)26-16(27)8-15(18(21,22)23)25(2)17(26)28/h3-7,15H,8H2,1-2H3. The first-order valence-corrected chi connectivity index (χ1v) is 8.63. The van der Waals surface area contributed by atoms with Crippen molar-refractivity contribution >= 4 is 29.2 Å². The van der Waals surface area contributed by atoms with E-state index in [1.54, 1.807) is 19.1 Å². The molecular formula is C18H14ClF4N3O3. The largest absolute Gasteiger partial charge is 0.454 e. The van der Waals surface area contributed by atoms with E-state index in [0.717, 1.165) is 19.2 Å². The van der Waals surface area contributed by atoms with Crippen molar-refractivity contribution in [3.8, 4) is 11.5 Å². The van der Waals surface area contributed by atoms with Gasteiger partial charge in [0.2, 0.25) is 5.91 Å². The predicted molar refractivity (Wildman–Crippen MR) is 95.6 cm³/mol. The Labute approximate surface area is 167 Å². The lowest BCUT2D eigenvalue weighted by Gasteiger charge is -2.38. The lowest BCUT2D eigenvalue weighted by molar-refractivity contribution is -0.179. The Bertz CT molecular complexity index is 983. The molecule has 0 bridgehead atoms. The summed E-state index contributed by atoms with van der Waals surface area (Å²) < 4.78 is 59.3. The molecule has 0 saturated carbocycles.